The van der Waals surface area contributed by atoms with Gasteiger partial charge in [-0.1, -0.05) is 18.2 Å². The lowest BCUT2D eigenvalue weighted by molar-refractivity contribution is 0.0987. The number of hydrogen-bond donors (Lipinski definition) is 2. The Balaban J connectivity index is 1.99. The first-order valence-corrected chi connectivity index (χ1v) is 7.83. The summed E-state index contributed by atoms with van der Waals surface area (Å²) >= 11 is 2.04. The maximum absolute atomic E-state index is 12.8. The lowest BCUT2D eigenvalue weighted by atomic mass is 10.1. The van der Waals surface area contributed by atoms with Crippen molar-refractivity contribution in [1.82, 2.24) is 5.32 Å². The average Bonchev–Trinajstić information content (AvgIpc) is 2.71. The number of fused-ring (bicyclic) bond motifs is 1. The van der Waals surface area contributed by atoms with E-state index < -0.39 is 0 Å². The van der Waals surface area contributed by atoms with E-state index in [9.17, 15) is 9.90 Å². The number of halogens is 1. The molecule has 4 nitrogen and oxygen atoms in total. The zero-order valence-electron chi connectivity index (χ0n) is 11.3. The third kappa shape index (κ3) is 2.89. The van der Waals surface area contributed by atoms with E-state index in [1.54, 1.807) is 17.0 Å². The Labute approximate surface area is 136 Å². The van der Waals surface area contributed by atoms with Crippen LogP contribution in [0.5, 0.6) is 5.75 Å². The van der Waals surface area contributed by atoms with Crippen LogP contribution in [-0.2, 0) is 6.54 Å². The van der Waals surface area contributed by atoms with Crippen LogP contribution in [0.3, 0.4) is 0 Å². The van der Waals surface area contributed by atoms with Gasteiger partial charge in [-0.25, -0.2) is 0 Å². The third-order valence-corrected chi connectivity index (χ3v) is 4.46. The number of amides is 1. The molecule has 2 N–H and O–H groups in total. The van der Waals surface area contributed by atoms with Crippen LogP contribution < -0.4 is 10.2 Å². The molecular weight excluding hydrogens is 379 g/mol. The first-order chi connectivity index (χ1) is 10.2. The number of nitrogens with zero attached hydrogens (tertiary/aromatic N) is 1. The summed E-state index contributed by atoms with van der Waals surface area (Å²) in [6, 6.07) is 13.0. The van der Waals surface area contributed by atoms with Crippen LogP contribution in [0.1, 0.15) is 15.9 Å². The molecule has 2 aromatic carbocycles. The van der Waals surface area contributed by atoms with E-state index in [1.165, 1.54) is 6.07 Å². The van der Waals surface area contributed by atoms with Gasteiger partial charge < -0.3 is 15.3 Å². The molecule has 5 heteroatoms. The number of rotatable bonds is 1. The molecule has 0 aromatic heterocycles. The minimum Gasteiger partial charge on any atom is -0.507 e. The molecule has 0 saturated carbocycles. The van der Waals surface area contributed by atoms with Gasteiger partial charge in [-0.2, -0.15) is 0 Å². The fourth-order valence-electron chi connectivity index (χ4n) is 2.47. The molecule has 21 heavy (non-hydrogen) atoms. The first-order valence-electron chi connectivity index (χ1n) is 6.76. The molecule has 0 atom stereocenters. The number of benzene rings is 2. The second-order valence-corrected chi connectivity index (χ2v) is 6.09. The molecule has 0 spiro atoms. The number of anilines is 1. The smallest absolute Gasteiger partial charge is 0.258 e. The average molecular weight is 394 g/mol. The Morgan fingerprint density at radius 2 is 2.05 bits per heavy atom. The van der Waals surface area contributed by atoms with E-state index in [-0.39, 0.29) is 11.7 Å². The molecule has 1 heterocycles. The number of aromatic hydroxyl groups is 1. The van der Waals surface area contributed by atoms with Gasteiger partial charge in [-0.15, -0.1) is 0 Å². The quantitative estimate of drug-likeness (QED) is 0.732. The van der Waals surface area contributed by atoms with Gasteiger partial charge in [0.25, 0.3) is 5.91 Å². The number of hydrogen-bond acceptors (Lipinski definition) is 3. The van der Waals surface area contributed by atoms with Gasteiger partial charge >= 0.3 is 0 Å². The van der Waals surface area contributed by atoms with Crippen LogP contribution in [0.4, 0.5) is 5.69 Å². The lowest BCUT2D eigenvalue weighted by Gasteiger charge is -2.22. The second-order valence-electron chi connectivity index (χ2n) is 4.93. The highest BCUT2D eigenvalue weighted by Crippen LogP contribution is 2.26. The summed E-state index contributed by atoms with van der Waals surface area (Å²) in [7, 11) is 0. The van der Waals surface area contributed by atoms with Gasteiger partial charge in [-0.05, 0) is 52.4 Å². The number of nitrogens with one attached hydrogen (secondary N) is 1. The van der Waals surface area contributed by atoms with Crippen molar-refractivity contribution in [3.63, 3.8) is 0 Å². The van der Waals surface area contributed by atoms with Crippen molar-refractivity contribution in [2.45, 2.75) is 6.54 Å². The van der Waals surface area contributed by atoms with Crippen LogP contribution >= 0.6 is 22.6 Å². The van der Waals surface area contributed by atoms with Crippen LogP contribution in [0, 0.1) is 3.57 Å². The van der Waals surface area contributed by atoms with Crippen molar-refractivity contribution in [3.05, 3.63) is 57.2 Å². The van der Waals surface area contributed by atoms with E-state index in [2.05, 4.69) is 5.32 Å². The molecule has 1 aliphatic heterocycles. The van der Waals surface area contributed by atoms with Crippen molar-refractivity contribution in [2.75, 3.05) is 18.0 Å². The summed E-state index contributed by atoms with van der Waals surface area (Å²) in [6.45, 7) is 2.12. The summed E-state index contributed by atoms with van der Waals surface area (Å²) in [5.41, 5.74) is 2.55. The molecule has 108 valence electrons. The Morgan fingerprint density at radius 3 is 2.86 bits per heavy atom. The summed E-state index contributed by atoms with van der Waals surface area (Å²) < 4.78 is 0.738. The molecule has 1 aliphatic rings. The fraction of sp³-hybridized carbons (Fsp3) is 0.188. The molecule has 3 rings (SSSR count). The number of carbonyl (C=O) groups excluding carboxylic acids is 1. The van der Waals surface area contributed by atoms with Gasteiger partial charge in [0.15, 0.2) is 0 Å². The maximum Gasteiger partial charge on any atom is 0.258 e. The van der Waals surface area contributed by atoms with Crippen LogP contribution in [0.2, 0.25) is 0 Å². The van der Waals surface area contributed by atoms with Crippen LogP contribution in [0.15, 0.2) is 42.5 Å². The van der Waals surface area contributed by atoms with Gasteiger partial charge in [0.2, 0.25) is 0 Å². The third-order valence-electron chi connectivity index (χ3n) is 3.55. The zero-order chi connectivity index (χ0) is 14.8. The fourth-order valence-corrected chi connectivity index (χ4v) is 2.81. The van der Waals surface area contributed by atoms with E-state index in [1.807, 2.05) is 46.9 Å². The number of carbonyl (C=O) groups is 1. The molecule has 0 bridgehead atoms. The predicted octanol–water partition coefficient (Wildman–Crippen LogP) is 2.75. The van der Waals surface area contributed by atoms with Crippen molar-refractivity contribution in [1.29, 1.82) is 0 Å². The normalized spacial score (nSPS) is 14.4. The molecule has 0 aliphatic carbocycles. The second kappa shape index (κ2) is 6.03. The largest absolute Gasteiger partial charge is 0.507 e. The molecule has 0 saturated heterocycles. The number of phenolic OH excluding ortho intramolecular Hbond substituents is 1. The van der Waals surface area contributed by atoms with E-state index in [0.29, 0.717) is 12.1 Å². The molecule has 1 amide bonds. The first kappa shape index (κ1) is 14.3. The highest BCUT2D eigenvalue weighted by atomic mass is 127. The summed E-state index contributed by atoms with van der Waals surface area (Å²) in [4.78, 5) is 14.5. The monoisotopic (exact) mass is 394 g/mol. The lowest BCUT2D eigenvalue weighted by Crippen LogP contribution is -2.34. The number of phenols is 1. The highest BCUT2D eigenvalue weighted by Gasteiger charge is 2.22. The minimum atomic E-state index is -0.0853. The Bertz CT molecular complexity index is 688. The topological polar surface area (TPSA) is 52.6 Å². The highest BCUT2D eigenvalue weighted by molar-refractivity contribution is 14.1. The maximum atomic E-state index is 12.8. The summed E-state index contributed by atoms with van der Waals surface area (Å²) in [5.74, 6) is 0.0560. The van der Waals surface area contributed by atoms with Crippen molar-refractivity contribution >= 4 is 34.2 Å². The standard InChI is InChI=1S/C16H15IN2O2/c17-13-6-5-11(9-15(13)20)16(21)19-8-7-18-10-12-3-1-2-4-14(12)19/h1-6,9,18,20H,7-8,10H2. The number of para-hydroxylation sites is 1. The van der Waals surface area contributed by atoms with Crippen LogP contribution in [0.25, 0.3) is 0 Å². The van der Waals surface area contributed by atoms with Gasteiger partial charge in [0.05, 0.1) is 3.57 Å². The predicted molar refractivity (Wildman–Crippen MR) is 90.6 cm³/mol. The summed E-state index contributed by atoms with van der Waals surface area (Å²) in [6.07, 6.45) is 0. The van der Waals surface area contributed by atoms with E-state index in [4.69, 9.17) is 0 Å². The summed E-state index contributed by atoms with van der Waals surface area (Å²) in [5, 5.41) is 13.1. The van der Waals surface area contributed by atoms with Gasteiger partial charge in [-0.3, -0.25) is 4.79 Å². The van der Waals surface area contributed by atoms with Gasteiger partial charge in [0, 0.05) is 30.9 Å². The SMILES string of the molecule is O=C(c1ccc(I)c(O)c1)N1CCNCc2ccccc21. The minimum absolute atomic E-state index is 0.0853. The zero-order valence-corrected chi connectivity index (χ0v) is 13.5. The Morgan fingerprint density at radius 1 is 1.24 bits per heavy atom. The Hall–Kier alpha value is -1.60. The van der Waals surface area contributed by atoms with Crippen molar-refractivity contribution < 1.29 is 9.90 Å². The van der Waals surface area contributed by atoms with Crippen molar-refractivity contribution in [2.24, 2.45) is 0 Å². The Kier molecular flexibility index (Phi) is 4.12. The molecule has 0 unspecified atom stereocenters. The van der Waals surface area contributed by atoms with E-state index >= 15 is 0 Å². The van der Waals surface area contributed by atoms with E-state index in [0.717, 1.165) is 27.9 Å². The van der Waals surface area contributed by atoms with Crippen molar-refractivity contribution in [3.8, 4) is 5.75 Å². The molecular formula is C16H15IN2O2. The van der Waals surface area contributed by atoms with Gasteiger partial charge in [0.1, 0.15) is 5.75 Å². The molecule has 0 fully saturated rings. The van der Waals surface area contributed by atoms with Crippen LogP contribution in [-0.4, -0.2) is 24.1 Å². The molecule has 0 radical (unpaired) electrons. The molecule has 2 aromatic rings.